The topological polar surface area (TPSA) is 53.6 Å². The molecule has 1 amide bonds. The van der Waals surface area contributed by atoms with Crippen molar-refractivity contribution in [3.05, 3.63) is 29.8 Å². The highest BCUT2D eigenvalue weighted by Gasteiger charge is 2.25. The van der Waals surface area contributed by atoms with E-state index in [1.165, 1.54) is 11.3 Å². The Bertz CT molecular complexity index is 510. The highest BCUT2D eigenvalue weighted by atomic mass is 35.5. The number of carbonyl (C=O) groups is 1. The molecule has 2 heterocycles. The van der Waals surface area contributed by atoms with Gasteiger partial charge in [-0.1, -0.05) is 18.2 Å². The molecule has 5 nitrogen and oxygen atoms in total. The molecule has 2 aliphatic rings. The van der Waals surface area contributed by atoms with Crippen molar-refractivity contribution in [2.75, 3.05) is 37.7 Å². The van der Waals surface area contributed by atoms with Crippen LogP contribution in [0, 0.1) is 0 Å². The minimum absolute atomic E-state index is 0. The summed E-state index contributed by atoms with van der Waals surface area (Å²) in [7, 11) is 0. The number of fused-ring (bicyclic) bond motifs is 1. The molecule has 7 heteroatoms. The molecule has 23 heavy (non-hydrogen) atoms. The molecule has 0 aromatic heterocycles. The van der Waals surface area contributed by atoms with E-state index in [0.717, 1.165) is 19.5 Å². The predicted octanol–water partition coefficient (Wildman–Crippen LogP) is 1.39. The second-order valence-corrected chi connectivity index (χ2v) is 5.75. The van der Waals surface area contributed by atoms with Gasteiger partial charge in [0, 0.05) is 31.4 Å². The molecule has 3 rings (SSSR count). The van der Waals surface area contributed by atoms with Gasteiger partial charge in [-0.3, -0.25) is 4.79 Å². The van der Waals surface area contributed by atoms with E-state index in [1.54, 1.807) is 0 Å². The van der Waals surface area contributed by atoms with E-state index < -0.39 is 0 Å². The first-order valence-electron chi connectivity index (χ1n) is 7.69. The van der Waals surface area contributed by atoms with Crippen molar-refractivity contribution in [3.63, 3.8) is 0 Å². The van der Waals surface area contributed by atoms with Crippen LogP contribution in [0.4, 0.5) is 5.69 Å². The van der Waals surface area contributed by atoms with Gasteiger partial charge in [-0.05, 0) is 25.0 Å². The predicted molar refractivity (Wildman–Crippen MR) is 97.1 cm³/mol. The Kier molecular flexibility index (Phi) is 8.12. The molecule has 2 N–H and O–H groups in total. The van der Waals surface area contributed by atoms with Gasteiger partial charge in [0.05, 0.1) is 13.2 Å². The molecule has 2 aliphatic heterocycles. The quantitative estimate of drug-likeness (QED) is 0.850. The van der Waals surface area contributed by atoms with Gasteiger partial charge in [0.1, 0.15) is 6.04 Å². The molecule has 1 aromatic rings. The smallest absolute Gasteiger partial charge is 0.239 e. The number of benzene rings is 1. The molecule has 1 saturated heterocycles. The first-order valence-corrected chi connectivity index (χ1v) is 7.69. The Labute approximate surface area is 150 Å². The van der Waals surface area contributed by atoms with Crippen molar-refractivity contribution in [2.24, 2.45) is 0 Å². The van der Waals surface area contributed by atoms with Gasteiger partial charge in [-0.25, -0.2) is 0 Å². The maximum absolute atomic E-state index is 12.1. The Balaban J connectivity index is 0.00000132. The van der Waals surface area contributed by atoms with Gasteiger partial charge < -0.3 is 20.3 Å². The Hall–Kier alpha value is -1.01. The monoisotopic (exact) mass is 361 g/mol. The second-order valence-electron chi connectivity index (χ2n) is 5.75. The van der Waals surface area contributed by atoms with Gasteiger partial charge in [-0.15, -0.1) is 24.8 Å². The van der Waals surface area contributed by atoms with Crippen molar-refractivity contribution < 1.29 is 9.53 Å². The van der Waals surface area contributed by atoms with Crippen LogP contribution >= 0.6 is 24.8 Å². The molecule has 0 spiro atoms. The fourth-order valence-electron chi connectivity index (χ4n) is 3.04. The summed E-state index contributed by atoms with van der Waals surface area (Å²) in [6.45, 7) is 5.74. The number of morpholine rings is 1. The number of nitrogens with zero attached hydrogens (tertiary/aromatic N) is 1. The number of carbonyl (C=O) groups excluding carboxylic acids is 1. The molecule has 1 aromatic carbocycles. The van der Waals surface area contributed by atoms with E-state index >= 15 is 0 Å². The highest BCUT2D eigenvalue weighted by molar-refractivity contribution is 5.85. The van der Waals surface area contributed by atoms with E-state index in [1.807, 2.05) is 0 Å². The minimum Gasteiger partial charge on any atom is -0.378 e. The maximum atomic E-state index is 12.1. The van der Waals surface area contributed by atoms with Crippen LogP contribution in [0.15, 0.2) is 24.3 Å². The summed E-state index contributed by atoms with van der Waals surface area (Å²) in [5.41, 5.74) is 2.70. The number of halogens is 2. The fourth-order valence-corrected chi connectivity index (χ4v) is 3.04. The summed E-state index contributed by atoms with van der Waals surface area (Å²) in [6.07, 6.45) is 1.09. The Morgan fingerprint density at radius 3 is 2.96 bits per heavy atom. The average molecular weight is 362 g/mol. The number of amides is 1. The zero-order chi connectivity index (χ0) is 14.7. The third kappa shape index (κ3) is 4.73. The van der Waals surface area contributed by atoms with Crippen LogP contribution in [0.2, 0.25) is 0 Å². The summed E-state index contributed by atoms with van der Waals surface area (Å²) in [4.78, 5) is 14.5. The van der Waals surface area contributed by atoms with E-state index in [4.69, 9.17) is 4.74 Å². The van der Waals surface area contributed by atoms with Crippen molar-refractivity contribution >= 4 is 36.4 Å². The maximum Gasteiger partial charge on any atom is 0.239 e. The van der Waals surface area contributed by atoms with Gasteiger partial charge in [-0.2, -0.15) is 0 Å². The molecular weight excluding hydrogens is 337 g/mol. The molecular formula is C16H25Cl2N3O2. The van der Waals surface area contributed by atoms with Gasteiger partial charge >= 0.3 is 0 Å². The third-order valence-corrected chi connectivity index (χ3v) is 4.26. The third-order valence-electron chi connectivity index (χ3n) is 4.26. The molecule has 0 bridgehead atoms. The normalized spacial score (nSPS) is 20.7. The van der Waals surface area contributed by atoms with Crippen LogP contribution in [0.1, 0.15) is 12.5 Å². The number of ether oxygens (including phenoxy) is 1. The van der Waals surface area contributed by atoms with E-state index in [9.17, 15) is 4.79 Å². The van der Waals surface area contributed by atoms with Crippen LogP contribution < -0.4 is 15.5 Å². The molecule has 2 unspecified atom stereocenters. The summed E-state index contributed by atoms with van der Waals surface area (Å²) < 4.78 is 5.32. The van der Waals surface area contributed by atoms with Crippen LogP contribution in [0.3, 0.4) is 0 Å². The molecule has 130 valence electrons. The SMILES string of the molecule is CC(CNC(=O)C1COCCN1)N1CCc2ccccc21.Cl.Cl. The molecule has 2 atom stereocenters. The van der Waals surface area contributed by atoms with Crippen molar-refractivity contribution in [3.8, 4) is 0 Å². The molecule has 0 radical (unpaired) electrons. The molecule has 0 aliphatic carbocycles. The lowest BCUT2D eigenvalue weighted by Gasteiger charge is -2.29. The number of hydrogen-bond donors (Lipinski definition) is 2. The van der Waals surface area contributed by atoms with Crippen molar-refractivity contribution in [1.82, 2.24) is 10.6 Å². The first kappa shape index (κ1) is 20.0. The van der Waals surface area contributed by atoms with E-state index in [2.05, 4.69) is 46.7 Å². The van der Waals surface area contributed by atoms with Gasteiger partial charge in [0.25, 0.3) is 0 Å². The second kappa shape index (κ2) is 9.33. The number of para-hydroxylation sites is 1. The zero-order valence-corrected chi connectivity index (χ0v) is 14.9. The Morgan fingerprint density at radius 1 is 1.43 bits per heavy atom. The zero-order valence-electron chi connectivity index (χ0n) is 13.3. The number of hydrogen-bond acceptors (Lipinski definition) is 4. The van der Waals surface area contributed by atoms with Crippen LogP contribution in [0.25, 0.3) is 0 Å². The average Bonchev–Trinajstić information content (AvgIpc) is 2.97. The van der Waals surface area contributed by atoms with Gasteiger partial charge in [0.2, 0.25) is 5.91 Å². The van der Waals surface area contributed by atoms with E-state index in [0.29, 0.717) is 25.8 Å². The summed E-state index contributed by atoms with van der Waals surface area (Å²) >= 11 is 0. The van der Waals surface area contributed by atoms with Crippen molar-refractivity contribution in [2.45, 2.75) is 25.4 Å². The number of nitrogens with one attached hydrogen (secondary N) is 2. The summed E-state index contributed by atoms with van der Waals surface area (Å²) in [5.74, 6) is 0.0361. The van der Waals surface area contributed by atoms with Crippen LogP contribution in [0.5, 0.6) is 0 Å². The van der Waals surface area contributed by atoms with Crippen LogP contribution in [-0.2, 0) is 16.0 Å². The lowest BCUT2D eigenvalue weighted by Crippen LogP contribution is -2.53. The standard InChI is InChI=1S/C16H23N3O2.2ClH/c1-12(10-18-16(20)14-11-21-9-7-17-14)19-8-6-13-4-2-3-5-15(13)19;;/h2-5,12,14,17H,6-11H2,1H3,(H,18,20);2*1H. The lowest BCUT2D eigenvalue weighted by atomic mass is 10.1. The Morgan fingerprint density at radius 2 is 2.22 bits per heavy atom. The first-order chi connectivity index (χ1) is 10.3. The van der Waals surface area contributed by atoms with Crippen molar-refractivity contribution in [1.29, 1.82) is 0 Å². The van der Waals surface area contributed by atoms with Crippen LogP contribution in [-0.4, -0.2) is 50.8 Å². The van der Waals surface area contributed by atoms with E-state index in [-0.39, 0.29) is 36.8 Å². The minimum atomic E-state index is -0.211. The highest BCUT2D eigenvalue weighted by Crippen LogP contribution is 2.28. The summed E-state index contributed by atoms with van der Waals surface area (Å²) in [5, 5.41) is 6.21. The number of anilines is 1. The summed E-state index contributed by atoms with van der Waals surface area (Å²) in [6, 6.07) is 8.59. The molecule has 1 fully saturated rings. The lowest BCUT2D eigenvalue weighted by molar-refractivity contribution is -0.125. The largest absolute Gasteiger partial charge is 0.378 e. The molecule has 0 saturated carbocycles. The van der Waals surface area contributed by atoms with Gasteiger partial charge in [0.15, 0.2) is 0 Å². The number of rotatable bonds is 4. The fraction of sp³-hybridized carbons (Fsp3) is 0.562.